The second-order valence-electron chi connectivity index (χ2n) is 7.44. The topological polar surface area (TPSA) is 80.0 Å². The van der Waals surface area contributed by atoms with Crippen molar-refractivity contribution in [2.45, 2.75) is 30.4 Å². The molecule has 3 rings (SSSR count). The Balaban J connectivity index is 1.62. The molecule has 33 heavy (non-hydrogen) atoms. The number of halogens is 1. The van der Waals surface area contributed by atoms with E-state index in [1.807, 2.05) is 37.3 Å². The molecule has 2 aromatic rings. The summed E-state index contributed by atoms with van der Waals surface area (Å²) in [7, 11) is 2.90. The van der Waals surface area contributed by atoms with Gasteiger partial charge in [0.1, 0.15) is 29.7 Å². The van der Waals surface area contributed by atoms with Gasteiger partial charge < -0.3 is 24.7 Å². The number of rotatable bonds is 10. The molecule has 0 aliphatic heterocycles. The first-order valence-electron chi connectivity index (χ1n) is 10.5. The molecule has 0 amide bonds. The number of nitrogens with two attached hydrogens (primary N) is 1. The molecule has 0 aromatic heterocycles. The maximum Gasteiger partial charge on any atom is 0.343 e. The van der Waals surface area contributed by atoms with E-state index in [9.17, 15) is 9.18 Å². The van der Waals surface area contributed by atoms with Crippen LogP contribution in [0.15, 0.2) is 58.8 Å². The predicted octanol–water partition coefficient (Wildman–Crippen LogP) is 5.38. The number of nitrogen functional groups attached to an aromatic ring is 1. The number of anilines is 1. The van der Waals surface area contributed by atoms with Gasteiger partial charge in [0.15, 0.2) is 6.61 Å². The third-order valence-corrected chi connectivity index (χ3v) is 6.18. The van der Waals surface area contributed by atoms with Crippen LogP contribution in [0.5, 0.6) is 17.2 Å². The van der Waals surface area contributed by atoms with Gasteiger partial charge in [-0.05, 0) is 55.2 Å². The lowest BCUT2D eigenvalue weighted by Crippen LogP contribution is -2.13. The monoisotopic (exact) mass is 473 g/mol. The van der Waals surface area contributed by atoms with Crippen LogP contribution in [0.2, 0.25) is 0 Å². The van der Waals surface area contributed by atoms with E-state index in [-0.39, 0.29) is 19.0 Å². The van der Waals surface area contributed by atoms with Crippen molar-refractivity contribution in [2.75, 3.05) is 33.2 Å². The summed E-state index contributed by atoms with van der Waals surface area (Å²) < 4.78 is 35.2. The van der Waals surface area contributed by atoms with E-state index in [0.29, 0.717) is 34.3 Å². The van der Waals surface area contributed by atoms with Crippen molar-refractivity contribution in [1.82, 2.24) is 0 Å². The lowest BCUT2D eigenvalue weighted by molar-refractivity contribution is -0.142. The molecule has 1 aliphatic carbocycles. The van der Waals surface area contributed by atoms with Crippen LogP contribution in [0.3, 0.4) is 0 Å². The summed E-state index contributed by atoms with van der Waals surface area (Å²) in [5, 5.41) is 0. The van der Waals surface area contributed by atoms with E-state index in [4.69, 9.17) is 19.9 Å². The molecule has 0 saturated heterocycles. The van der Waals surface area contributed by atoms with Crippen molar-refractivity contribution in [3.63, 3.8) is 0 Å². The predicted molar refractivity (Wildman–Crippen MR) is 128 cm³/mol. The van der Waals surface area contributed by atoms with Gasteiger partial charge in [0.2, 0.25) is 0 Å². The minimum Gasteiger partial charge on any atom is -0.495 e. The zero-order chi connectivity index (χ0) is 23.8. The lowest BCUT2D eigenvalue weighted by Gasteiger charge is -2.15. The maximum atomic E-state index is 13.8. The van der Waals surface area contributed by atoms with Crippen LogP contribution in [-0.4, -0.2) is 33.4 Å². The van der Waals surface area contributed by atoms with Crippen molar-refractivity contribution in [3.8, 4) is 17.2 Å². The summed E-state index contributed by atoms with van der Waals surface area (Å²) in [6.07, 6.45) is 4.98. The van der Waals surface area contributed by atoms with E-state index >= 15 is 0 Å². The number of allylic oxidation sites excluding steroid dienone is 2. The molecule has 0 atom stereocenters. The molecular formula is C25H28FNO5S. The fourth-order valence-corrected chi connectivity index (χ4v) is 4.27. The van der Waals surface area contributed by atoms with Gasteiger partial charge in [0, 0.05) is 17.4 Å². The standard InChI is InChI=1S/C25H28FNO5S/c1-16-10-24(23(29-2)12-22(16)32-14-25(28)30-3)33-15-17-8-9-21(20(27)11-17)31-13-18-6-4-5-7-19(18)26/h6-12H,4-5,13-15,27H2,1-3H3. The van der Waals surface area contributed by atoms with Crippen molar-refractivity contribution >= 4 is 23.4 Å². The molecule has 176 valence electrons. The Bertz CT molecular complexity index is 1070. The van der Waals surface area contributed by atoms with Gasteiger partial charge >= 0.3 is 5.97 Å². The van der Waals surface area contributed by atoms with Crippen LogP contribution >= 0.6 is 11.8 Å². The third-order valence-electron chi connectivity index (χ3n) is 5.07. The molecule has 0 fully saturated rings. The first kappa shape index (κ1) is 24.5. The molecule has 2 N–H and O–H groups in total. The second kappa shape index (κ2) is 11.7. The number of hydrogen-bond donors (Lipinski definition) is 1. The zero-order valence-electron chi connectivity index (χ0n) is 19.0. The molecule has 6 nitrogen and oxygen atoms in total. The summed E-state index contributed by atoms with van der Waals surface area (Å²) in [6.45, 7) is 1.89. The quantitative estimate of drug-likeness (QED) is 0.282. The summed E-state index contributed by atoms with van der Waals surface area (Å²) in [5.74, 6) is 1.72. The van der Waals surface area contributed by atoms with Gasteiger partial charge in [0.25, 0.3) is 0 Å². The van der Waals surface area contributed by atoms with Crippen LogP contribution < -0.4 is 19.9 Å². The number of hydrogen-bond acceptors (Lipinski definition) is 7. The Morgan fingerprint density at radius 1 is 1.06 bits per heavy atom. The molecule has 0 heterocycles. The van der Waals surface area contributed by atoms with E-state index in [1.165, 1.54) is 7.11 Å². The molecule has 2 aromatic carbocycles. The summed E-state index contributed by atoms with van der Waals surface area (Å²) in [6, 6.07) is 9.32. The van der Waals surface area contributed by atoms with Crippen LogP contribution in [0.4, 0.5) is 10.1 Å². The summed E-state index contributed by atoms with van der Waals surface area (Å²) in [4.78, 5) is 12.3. The second-order valence-corrected chi connectivity index (χ2v) is 8.46. The van der Waals surface area contributed by atoms with Gasteiger partial charge in [-0.25, -0.2) is 9.18 Å². The highest BCUT2D eigenvalue weighted by atomic mass is 32.2. The highest BCUT2D eigenvalue weighted by molar-refractivity contribution is 7.98. The molecule has 0 radical (unpaired) electrons. The van der Waals surface area contributed by atoms with Crippen molar-refractivity contribution in [1.29, 1.82) is 0 Å². The maximum absolute atomic E-state index is 13.8. The van der Waals surface area contributed by atoms with E-state index in [2.05, 4.69) is 4.74 Å². The number of ether oxygens (including phenoxy) is 4. The number of benzene rings is 2. The highest BCUT2D eigenvalue weighted by Crippen LogP contribution is 2.37. The zero-order valence-corrected chi connectivity index (χ0v) is 19.8. The Kier molecular flexibility index (Phi) is 8.65. The summed E-state index contributed by atoms with van der Waals surface area (Å²) in [5.41, 5.74) is 9.12. The Labute approximate surface area is 197 Å². The minimum absolute atomic E-state index is 0.154. The number of aryl methyl sites for hydroxylation is 1. The van der Waals surface area contributed by atoms with E-state index in [0.717, 1.165) is 28.9 Å². The first-order valence-corrected chi connectivity index (χ1v) is 11.5. The van der Waals surface area contributed by atoms with Crippen LogP contribution in [0.1, 0.15) is 24.0 Å². The van der Waals surface area contributed by atoms with Crippen molar-refractivity contribution < 1.29 is 28.1 Å². The molecule has 1 aliphatic rings. The molecule has 0 saturated carbocycles. The van der Waals surface area contributed by atoms with Crippen LogP contribution in [-0.2, 0) is 15.3 Å². The number of carbonyl (C=O) groups is 1. The Morgan fingerprint density at radius 3 is 2.55 bits per heavy atom. The third kappa shape index (κ3) is 6.68. The van der Waals surface area contributed by atoms with Gasteiger partial charge in [-0.15, -0.1) is 11.8 Å². The van der Waals surface area contributed by atoms with E-state index in [1.54, 1.807) is 31.0 Å². The normalized spacial score (nSPS) is 13.1. The average molecular weight is 474 g/mol. The molecule has 0 bridgehead atoms. The number of carbonyl (C=O) groups excluding carboxylic acids is 1. The molecule has 0 unspecified atom stereocenters. The first-order chi connectivity index (χ1) is 15.9. The smallest absolute Gasteiger partial charge is 0.343 e. The van der Waals surface area contributed by atoms with Crippen LogP contribution in [0.25, 0.3) is 0 Å². The minimum atomic E-state index is -0.450. The Hall–Kier alpha value is -3.13. The van der Waals surface area contributed by atoms with Gasteiger partial charge in [0.05, 0.1) is 24.8 Å². The molecular weight excluding hydrogens is 445 g/mol. The average Bonchev–Trinajstić information content (AvgIpc) is 2.82. The van der Waals surface area contributed by atoms with Crippen molar-refractivity contribution in [3.05, 3.63) is 65.0 Å². The number of thioether (sulfide) groups is 1. The fourth-order valence-electron chi connectivity index (χ4n) is 3.23. The highest BCUT2D eigenvalue weighted by Gasteiger charge is 2.13. The van der Waals surface area contributed by atoms with Crippen LogP contribution in [0, 0.1) is 6.92 Å². The largest absolute Gasteiger partial charge is 0.495 e. The molecule has 0 spiro atoms. The Morgan fingerprint density at radius 2 is 1.85 bits per heavy atom. The van der Waals surface area contributed by atoms with E-state index < -0.39 is 5.97 Å². The number of esters is 1. The lowest BCUT2D eigenvalue weighted by atomic mass is 10.1. The fraction of sp³-hybridized carbons (Fsp3) is 0.320. The summed E-state index contributed by atoms with van der Waals surface area (Å²) >= 11 is 1.59. The van der Waals surface area contributed by atoms with Gasteiger partial charge in [-0.1, -0.05) is 12.1 Å². The van der Waals surface area contributed by atoms with Gasteiger partial charge in [-0.2, -0.15) is 0 Å². The van der Waals surface area contributed by atoms with Gasteiger partial charge in [-0.3, -0.25) is 0 Å². The SMILES string of the molecule is COC(=O)COc1cc(OC)c(SCc2ccc(OCC3=CCCC=C3F)c(N)c2)cc1C. The number of methoxy groups -OCH3 is 2. The van der Waals surface area contributed by atoms with Crippen molar-refractivity contribution in [2.24, 2.45) is 0 Å². The molecule has 8 heteroatoms.